The van der Waals surface area contributed by atoms with Crippen LogP contribution in [0.1, 0.15) is 36.6 Å². The van der Waals surface area contributed by atoms with E-state index in [0.29, 0.717) is 17.1 Å². The topological polar surface area (TPSA) is 116 Å². The first-order valence-electron chi connectivity index (χ1n) is 11.3. The number of nitro groups is 1. The average molecular weight is 573 g/mol. The number of anilines is 1. The second-order valence-corrected chi connectivity index (χ2v) is 9.17. The largest absolute Gasteiger partial charge is 0.457 e. The van der Waals surface area contributed by atoms with Gasteiger partial charge in [-0.15, -0.1) is 0 Å². The van der Waals surface area contributed by atoms with Gasteiger partial charge in [-0.1, -0.05) is 22.0 Å². The third-order valence-corrected chi connectivity index (χ3v) is 6.29. The average Bonchev–Trinajstić information content (AvgIpc) is 3.17. The molecule has 188 valence electrons. The number of amides is 2. The summed E-state index contributed by atoms with van der Waals surface area (Å²) in [5.74, 6) is -0.759. The van der Waals surface area contributed by atoms with Gasteiger partial charge in [0.15, 0.2) is 0 Å². The Bertz CT molecular complexity index is 1580. The minimum Gasteiger partial charge on any atom is -0.457 e. The predicted octanol–water partition coefficient (Wildman–Crippen LogP) is 6.31. The molecule has 0 aromatic heterocycles. The first-order chi connectivity index (χ1) is 18.3. The fourth-order valence-corrected chi connectivity index (χ4v) is 4.14. The molecule has 4 aromatic rings. The highest BCUT2D eigenvalue weighted by atomic mass is 79.9. The Hall–Kier alpha value is -4.83. The SMILES string of the molecule is O=C(OCc1ccc([N+](=O)[O-])cc1)c1cccc(N2C(=O)c3ccc(Oc4ccc(Br)cc4)cc3C2=O)c1. The van der Waals surface area contributed by atoms with E-state index in [1.807, 2.05) is 12.1 Å². The Labute approximate surface area is 224 Å². The van der Waals surface area contributed by atoms with E-state index in [-0.39, 0.29) is 34.7 Å². The molecular formula is C28H17BrN2O7. The Morgan fingerprint density at radius 2 is 1.53 bits per heavy atom. The van der Waals surface area contributed by atoms with Crippen LogP contribution in [0, 0.1) is 10.1 Å². The molecule has 0 fully saturated rings. The number of carbonyl (C=O) groups is 3. The molecule has 0 N–H and O–H groups in total. The van der Waals surface area contributed by atoms with E-state index < -0.39 is 22.7 Å². The summed E-state index contributed by atoms with van der Waals surface area (Å²) < 4.78 is 12.0. The van der Waals surface area contributed by atoms with E-state index in [2.05, 4.69) is 15.9 Å². The highest BCUT2D eigenvalue weighted by Crippen LogP contribution is 2.33. The maximum atomic E-state index is 13.2. The lowest BCUT2D eigenvalue weighted by Gasteiger charge is -2.15. The molecule has 1 aliphatic rings. The summed E-state index contributed by atoms with van der Waals surface area (Å²) in [5, 5.41) is 10.8. The predicted molar refractivity (Wildman–Crippen MR) is 140 cm³/mol. The van der Waals surface area contributed by atoms with Gasteiger partial charge in [-0.05, 0) is 78.4 Å². The van der Waals surface area contributed by atoms with Gasteiger partial charge >= 0.3 is 5.97 Å². The van der Waals surface area contributed by atoms with Gasteiger partial charge < -0.3 is 9.47 Å². The van der Waals surface area contributed by atoms with Gasteiger partial charge in [0.2, 0.25) is 0 Å². The summed E-state index contributed by atoms with van der Waals surface area (Å²) in [6, 6.07) is 23.5. The Morgan fingerprint density at radius 1 is 0.842 bits per heavy atom. The number of esters is 1. The molecule has 10 heteroatoms. The number of hydrogen-bond acceptors (Lipinski definition) is 7. The normalized spacial score (nSPS) is 12.3. The molecule has 1 heterocycles. The maximum Gasteiger partial charge on any atom is 0.338 e. The molecule has 2 amide bonds. The second-order valence-electron chi connectivity index (χ2n) is 8.26. The van der Waals surface area contributed by atoms with Crippen molar-refractivity contribution in [3.8, 4) is 11.5 Å². The smallest absolute Gasteiger partial charge is 0.338 e. The minimum absolute atomic E-state index is 0.0688. The van der Waals surface area contributed by atoms with E-state index >= 15 is 0 Å². The van der Waals surface area contributed by atoms with Crippen molar-refractivity contribution >= 4 is 45.1 Å². The van der Waals surface area contributed by atoms with Crippen LogP contribution < -0.4 is 9.64 Å². The number of non-ortho nitro benzene ring substituents is 1. The number of imide groups is 1. The summed E-state index contributed by atoms with van der Waals surface area (Å²) in [5.41, 5.74) is 1.28. The third-order valence-electron chi connectivity index (χ3n) is 5.76. The number of nitro benzene ring substituents is 1. The number of benzene rings is 4. The molecule has 9 nitrogen and oxygen atoms in total. The Kier molecular flexibility index (Phi) is 6.71. The van der Waals surface area contributed by atoms with E-state index in [1.165, 1.54) is 48.5 Å². The number of halogens is 1. The van der Waals surface area contributed by atoms with Crippen LogP contribution in [0.4, 0.5) is 11.4 Å². The summed E-state index contributed by atoms with van der Waals surface area (Å²) in [7, 11) is 0. The first kappa shape index (κ1) is 24.8. The van der Waals surface area contributed by atoms with Crippen LogP contribution in [-0.4, -0.2) is 22.7 Å². The minimum atomic E-state index is -0.674. The molecule has 0 bridgehead atoms. The number of hydrogen-bond donors (Lipinski definition) is 0. The lowest BCUT2D eigenvalue weighted by molar-refractivity contribution is -0.384. The van der Waals surface area contributed by atoms with Crippen LogP contribution in [0.2, 0.25) is 0 Å². The highest BCUT2D eigenvalue weighted by Gasteiger charge is 2.37. The fourth-order valence-electron chi connectivity index (χ4n) is 3.87. The number of fused-ring (bicyclic) bond motifs is 1. The van der Waals surface area contributed by atoms with Gasteiger partial charge in [0.05, 0.1) is 27.3 Å². The third kappa shape index (κ3) is 5.02. The fraction of sp³-hybridized carbons (Fsp3) is 0.0357. The van der Waals surface area contributed by atoms with Crippen LogP contribution in [0.5, 0.6) is 11.5 Å². The second kappa shape index (κ2) is 10.3. The van der Waals surface area contributed by atoms with Gasteiger partial charge in [0.1, 0.15) is 18.1 Å². The molecular weight excluding hydrogens is 556 g/mol. The monoisotopic (exact) mass is 572 g/mol. The molecule has 0 radical (unpaired) electrons. The number of nitrogens with zero attached hydrogens (tertiary/aromatic N) is 2. The molecule has 5 rings (SSSR count). The summed E-state index contributed by atoms with van der Waals surface area (Å²) in [4.78, 5) is 50.2. The molecule has 38 heavy (non-hydrogen) atoms. The van der Waals surface area contributed by atoms with Gasteiger partial charge in [0, 0.05) is 16.6 Å². The van der Waals surface area contributed by atoms with Crippen molar-refractivity contribution in [1.82, 2.24) is 0 Å². The van der Waals surface area contributed by atoms with E-state index in [9.17, 15) is 24.5 Å². The molecule has 0 saturated carbocycles. The Morgan fingerprint density at radius 3 is 2.24 bits per heavy atom. The number of carbonyl (C=O) groups excluding carboxylic acids is 3. The number of ether oxygens (including phenoxy) is 2. The van der Waals surface area contributed by atoms with E-state index in [1.54, 1.807) is 30.3 Å². The molecule has 0 atom stereocenters. The summed E-state index contributed by atoms with van der Waals surface area (Å²) in [6.45, 7) is -0.102. The summed E-state index contributed by atoms with van der Waals surface area (Å²) in [6.07, 6.45) is 0. The van der Waals surface area contributed by atoms with Crippen molar-refractivity contribution in [3.05, 3.63) is 128 Å². The van der Waals surface area contributed by atoms with Gasteiger partial charge in [0.25, 0.3) is 17.5 Å². The molecule has 0 spiro atoms. The Balaban J connectivity index is 1.31. The van der Waals surface area contributed by atoms with Crippen molar-refractivity contribution < 1.29 is 28.8 Å². The van der Waals surface area contributed by atoms with Crippen molar-refractivity contribution in [3.63, 3.8) is 0 Å². The van der Waals surface area contributed by atoms with Crippen LogP contribution in [0.3, 0.4) is 0 Å². The zero-order valence-corrected chi connectivity index (χ0v) is 21.1. The standard InChI is InChI=1S/C28H17BrN2O7/c29-19-6-10-22(11-7-19)38-23-12-13-24-25(15-23)27(33)30(26(24)32)21-3-1-2-18(14-21)28(34)37-16-17-4-8-20(9-5-17)31(35)36/h1-15H,16H2. The van der Waals surface area contributed by atoms with Crippen LogP contribution >= 0.6 is 15.9 Å². The van der Waals surface area contributed by atoms with Gasteiger partial charge in [-0.3, -0.25) is 19.7 Å². The van der Waals surface area contributed by atoms with Crippen LogP contribution in [0.25, 0.3) is 0 Å². The van der Waals surface area contributed by atoms with Crippen LogP contribution in [0.15, 0.2) is 95.5 Å². The van der Waals surface area contributed by atoms with Gasteiger partial charge in [-0.25, -0.2) is 9.69 Å². The van der Waals surface area contributed by atoms with Crippen molar-refractivity contribution in [2.45, 2.75) is 6.61 Å². The van der Waals surface area contributed by atoms with Crippen molar-refractivity contribution in [2.75, 3.05) is 4.90 Å². The molecule has 0 aliphatic carbocycles. The van der Waals surface area contributed by atoms with Gasteiger partial charge in [-0.2, -0.15) is 0 Å². The molecule has 0 saturated heterocycles. The maximum absolute atomic E-state index is 13.2. The number of rotatable bonds is 7. The summed E-state index contributed by atoms with van der Waals surface area (Å²) >= 11 is 3.36. The zero-order chi connectivity index (χ0) is 26.8. The lowest BCUT2D eigenvalue weighted by Crippen LogP contribution is -2.29. The van der Waals surface area contributed by atoms with Crippen molar-refractivity contribution in [1.29, 1.82) is 0 Å². The van der Waals surface area contributed by atoms with E-state index in [0.717, 1.165) is 9.37 Å². The zero-order valence-electron chi connectivity index (χ0n) is 19.5. The van der Waals surface area contributed by atoms with Crippen LogP contribution in [-0.2, 0) is 11.3 Å². The highest BCUT2D eigenvalue weighted by molar-refractivity contribution is 9.10. The first-order valence-corrected chi connectivity index (χ1v) is 12.1. The molecule has 4 aromatic carbocycles. The van der Waals surface area contributed by atoms with Crippen molar-refractivity contribution in [2.24, 2.45) is 0 Å². The molecule has 0 unspecified atom stereocenters. The van der Waals surface area contributed by atoms with E-state index in [4.69, 9.17) is 9.47 Å². The lowest BCUT2D eigenvalue weighted by atomic mass is 10.1. The molecule has 1 aliphatic heterocycles. The quantitative estimate of drug-likeness (QED) is 0.110.